The molecule has 0 radical (unpaired) electrons. The Morgan fingerprint density at radius 3 is 2.77 bits per heavy atom. The van der Waals surface area contributed by atoms with Gasteiger partial charge in [0.05, 0.1) is 0 Å². The molecule has 1 aliphatic rings. The summed E-state index contributed by atoms with van der Waals surface area (Å²) >= 11 is 3.30. The molecular weight excluding hydrogens is 238 g/mol. The summed E-state index contributed by atoms with van der Waals surface area (Å²) in [5.74, 6) is -2.53. The van der Waals surface area contributed by atoms with Crippen LogP contribution in [0.1, 0.15) is 16.7 Å². The predicted octanol–water partition coefficient (Wildman–Crippen LogP) is 3.32. The van der Waals surface area contributed by atoms with E-state index in [-0.39, 0.29) is 12.8 Å². The fraction of sp³-hybridized carbons (Fsp3) is 0.400. The largest absolute Gasteiger partial charge is 0.256 e. The third-order valence-electron chi connectivity index (χ3n) is 2.40. The molecule has 1 aliphatic carbocycles. The zero-order chi connectivity index (χ0) is 9.47. The molecule has 0 heterocycles. The average molecular weight is 247 g/mol. The van der Waals surface area contributed by atoms with Crippen molar-refractivity contribution in [2.75, 3.05) is 0 Å². The normalized spacial score (nSPS) is 18.7. The van der Waals surface area contributed by atoms with Crippen LogP contribution in [0.15, 0.2) is 18.2 Å². The Morgan fingerprint density at radius 2 is 2.08 bits per heavy atom. The smallest absolute Gasteiger partial charge is 0.206 e. The zero-order valence-electron chi connectivity index (χ0n) is 6.99. The van der Waals surface area contributed by atoms with E-state index in [2.05, 4.69) is 15.9 Å². The van der Waals surface area contributed by atoms with Crippen LogP contribution < -0.4 is 0 Å². The first kappa shape index (κ1) is 9.13. The van der Waals surface area contributed by atoms with E-state index in [9.17, 15) is 8.78 Å². The number of hydrogen-bond donors (Lipinski definition) is 0. The number of hydrogen-bond acceptors (Lipinski definition) is 0. The summed E-state index contributed by atoms with van der Waals surface area (Å²) in [4.78, 5) is 0. The average Bonchev–Trinajstić information content (AvgIpc) is 2.37. The molecule has 0 N–H and O–H groups in total. The Hall–Kier alpha value is -0.440. The van der Waals surface area contributed by atoms with Gasteiger partial charge in [-0.2, -0.15) is 0 Å². The van der Waals surface area contributed by atoms with Gasteiger partial charge in [-0.25, -0.2) is 8.78 Å². The molecule has 0 fully saturated rings. The van der Waals surface area contributed by atoms with Gasteiger partial charge in [-0.3, -0.25) is 0 Å². The second-order valence-corrected chi connectivity index (χ2v) is 3.96. The van der Waals surface area contributed by atoms with Gasteiger partial charge in [0.15, 0.2) is 0 Å². The predicted molar refractivity (Wildman–Crippen MR) is 51.4 cm³/mol. The Morgan fingerprint density at radius 1 is 1.31 bits per heavy atom. The topological polar surface area (TPSA) is 0 Å². The summed E-state index contributed by atoms with van der Waals surface area (Å²) in [7, 11) is 0. The highest BCUT2D eigenvalue weighted by atomic mass is 79.9. The minimum Gasteiger partial charge on any atom is -0.206 e. The van der Waals surface area contributed by atoms with Gasteiger partial charge in [-0.05, 0) is 16.7 Å². The van der Waals surface area contributed by atoms with E-state index in [1.165, 1.54) is 0 Å². The third kappa shape index (κ3) is 1.62. The lowest BCUT2D eigenvalue weighted by atomic mass is 10.1. The fourth-order valence-corrected chi connectivity index (χ4v) is 2.33. The van der Waals surface area contributed by atoms with Crippen LogP contribution in [0.25, 0.3) is 0 Å². The van der Waals surface area contributed by atoms with Crippen LogP contribution in [-0.4, -0.2) is 5.92 Å². The van der Waals surface area contributed by atoms with E-state index in [0.717, 1.165) is 16.7 Å². The van der Waals surface area contributed by atoms with Crippen molar-refractivity contribution in [3.8, 4) is 0 Å². The molecule has 0 aromatic heterocycles. The Labute approximate surface area is 84.1 Å². The molecule has 1 aromatic rings. The first-order valence-corrected chi connectivity index (χ1v) is 5.28. The number of rotatable bonds is 1. The van der Waals surface area contributed by atoms with Crippen molar-refractivity contribution in [3.05, 3.63) is 34.9 Å². The van der Waals surface area contributed by atoms with Crippen molar-refractivity contribution in [2.45, 2.75) is 24.1 Å². The van der Waals surface area contributed by atoms with Gasteiger partial charge < -0.3 is 0 Å². The lowest BCUT2D eigenvalue weighted by molar-refractivity contribution is 0.0129. The molecule has 70 valence electrons. The molecule has 0 spiro atoms. The summed E-state index contributed by atoms with van der Waals surface area (Å²) in [5.41, 5.74) is 2.64. The Balaban J connectivity index is 2.45. The van der Waals surface area contributed by atoms with Gasteiger partial charge >= 0.3 is 0 Å². The maximum atomic E-state index is 13.0. The van der Waals surface area contributed by atoms with Crippen LogP contribution in [0.5, 0.6) is 0 Å². The van der Waals surface area contributed by atoms with E-state index in [4.69, 9.17) is 0 Å². The molecule has 3 heteroatoms. The van der Waals surface area contributed by atoms with Gasteiger partial charge in [-0.15, -0.1) is 0 Å². The van der Waals surface area contributed by atoms with Crippen LogP contribution in [0.2, 0.25) is 0 Å². The molecule has 0 saturated heterocycles. The second-order valence-electron chi connectivity index (χ2n) is 3.40. The molecular formula is C10H9BrF2. The zero-order valence-corrected chi connectivity index (χ0v) is 8.57. The van der Waals surface area contributed by atoms with Crippen molar-refractivity contribution in [2.24, 2.45) is 0 Å². The van der Waals surface area contributed by atoms with E-state index >= 15 is 0 Å². The minimum atomic E-state index is -2.53. The third-order valence-corrected chi connectivity index (χ3v) is 3.00. The van der Waals surface area contributed by atoms with Gasteiger partial charge in [0.25, 0.3) is 5.92 Å². The summed E-state index contributed by atoms with van der Waals surface area (Å²) in [6.07, 6.45) is -0.187. The van der Waals surface area contributed by atoms with Crippen LogP contribution in [0.3, 0.4) is 0 Å². The SMILES string of the molecule is FC1(F)Cc2cccc(CBr)c2C1. The maximum Gasteiger partial charge on any atom is 0.256 e. The first-order valence-electron chi connectivity index (χ1n) is 4.16. The lowest BCUT2D eigenvalue weighted by Crippen LogP contribution is -2.14. The summed E-state index contributed by atoms with van der Waals surface area (Å²) in [6, 6.07) is 5.54. The van der Waals surface area contributed by atoms with E-state index in [0.29, 0.717) is 5.33 Å². The minimum absolute atomic E-state index is 0.0931. The summed E-state index contributed by atoms with van der Waals surface area (Å²) in [5, 5.41) is 0.659. The molecule has 13 heavy (non-hydrogen) atoms. The van der Waals surface area contributed by atoms with E-state index < -0.39 is 5.92 Å². The Bertz CT molecular complexity index is 334. The van der Waals surface area contributed by atoms with Gasteiger partial charge in [0.2, 0.25) is 0 Å². The summed E-state index contributed by atoms with van der Waals surface area (Å²) < 4.78 is 26.1. The highest BCUT2D eigenvalue weighted by Gasteiger charge is 2.37. The summed E-state index contributed by atoms with van der Waals surface area (Å²) in [6.45, 7) is 0. The van der Waals surface area contributed by atoms with Gasteiger partial charge in [0.1, 0.15) is 0 Å². The highest BCUT2D eigenvalue weighted by molar-refractivity contribution is 9.08. The van der Waals surface area contributed by atoms with Crippen molar-refractivity contribution in [1.29, 1.82) is 0 Å². The Kier molecular flexibility index (Phi) is 2.14. The van der Waals surface area contributed by atoms with E-state index in [1.807, 2.05) is 12.1 Å². The molecule has 0 unspecified atom stereocenters. The lowest BCUT2D eigenvalue weighted by Gasteiger charge is -2.05. The van der Waals surface area contributed by atoms with E-state index in [1.54, 1.807) is 6.07 Å². The maximum absolute atomic E-state index is 13.0. The molecule has 0 amide bonds. The molecule has 0 bridgehead atoms. The van der Waals surface area contributed by atoms with Crippen LogP contribution in [-0.2, 0) is 18.2 Å². The van der Waals surface area contributed by atoms with Crippen LogP contribution in [0, 0.1) is 0 Å². The molecule has 0 saturated carbocycles. The molecule has 2 rings (SSSR count). The number of alkyl halides is 3. The highest BCUT2D eigenvalue weighted by Crippen LogP contribution is 2.36. The van der Waals surface area contributed by atoms with Crippen LogP contribution in [0.4, 0.5) is 8.78 Å². The molecule has 0 atom stereocenters. The second kappa shape index (κ2) is 3.05. The van der Waals surface area contributed by atoms with Crippen LogP contribution >= 0.6 is 15.9 Å². The molecule has 1 aromatic carbocycles. The van der Waals surface area contributed by atoms with Crippen molar-refractivity contribution in [3.63, 3.8) is 0 Å². The van der Waals surface area contributed by atoms with Crippen molar-refractivity contribution < 1.29 is 8.78 Å². The monoisotopic (exact) mass is 246 g/mol. The quantitative estimate of drug-likeness (QED) is 0.668. The van der Waals surface area contributed by atoms with Crippen molar-refractivity contribution in [1.82, 2.24) is 0 Å². The number of benzene rings is 1. The number of halogens is 3. The van der Waals surface area contributed by atoms with Gasteiger partial charge in [0, 0.05) is 18.2 Å². The van der Waals surface area contributed by atoms with Crippen molar-refractivity contribution >= 4 is 15.9 Å². The van der Waals surface area contributed by atoms with Gasteiger partial charge in [-0.1, -0.05) is 34.1 Å². The number of fused-ring (bicyclic) bond motifs is 1. The first-order chi connectivity index (χ1) is 6.12. The fourth-order valence-electron chi connectivity index (χ4n) is 1.81. The molecule has 0 nitrogen and oxygen atoms in total. The standard InChI is InChI=1S/C10H9BrF2/c11-6-8-3-1-2-7-4-10(12,13)5-9(7)8/h1-3H,4-6H2. The molecule has 0 aliphatic heterocycles.